The van der Waals surface area contributed by atoms with Gasteiger partial charge in [0.2, 0.25) is 0 Å². The largest absolute Gasteiger partial charge is 0.481 e. The Labute approximate surface area is 110 Å². The average Bonchev–Trinajstić information content (AvgIpc) is 2.63. The topological polar surface area (TPSA) is 55.8 Å². The Hall–Kier alpha value is -1.10. The van der Waals surface area contributed by atoms with Crippen LogP contribution in [0.1, 0.15) is 18.9 Å². The number of hydrogen-bond acceptors (Lipinski definition) is 3. The monoisotopic (exact) mass is 270 g/mol. The minimum atomic E-state index is -0.884. The van der Waals surface area contributed by atoms with E-state index in [1.165, 1.54) is 0 Å². The maximum Gasteiger partial charge on any atom is 0.306 e. The minimum absolute atomic E-state index is 0.0435. The van der Waals surface area contributed by atoms with Gasteiger partial charge in [0, 0.05) is 11.4 Å². The molecule has 2 unspecified atom stereocenters. The van der Waals surface area contributed by atoms with Gasteiger partial charge in [-0.1, -0.05) is 29.8 Å². The van der Waals surface area contributed by atoms with Gasteiger partial charge >= 0.3 is 5.97 Å². The number of carboxylic acids is 1. The molecule has 18 heavy (non-hydrogen) atoms. The van der Waals surface area contributed by atoms with E-state index in [0.717, 1.165) is 5.56 Å². The third-order valence-corrected chi connectivity index (χ3v) is 3.23. The summed E-state index contributed by atoms with van der Waals surface area (Å²) in [5.74, 6) is -1.68. The van der Waals surface area contributed by atoms with E-state index in [1.807, 2.05) is 24.3 Å². The first kappa shape index (κ1) is 13.3. The van der Waals surface area contributed by atoms with Crippen molar-refractivity contribution in [1.82, 2.24) is 0 Å². The van der Waals surface area contributed by atoms with Crippen molar-refractivity contribution in [2.75, 3.05) is 6.61 Å². The Morgan fingerprint density at radius 2 is 2.28 bits per heavy atom. The van der Waals surface area contributed by atoms with E-state index in [-0.39, 0.29) is 6.42 Å². The molecule has 1 fully saturated rings. The summed E-state index contributed by atoms with van der Waals surface area (Å²) in [6.45, 7) is 2.10. The highest BCUT2D eigenvalue weighted by Crippen LogP contribution is 2.30. The van der Waals surface area contributed by atoms with Crippen LogP contribution in [0.2, 0.25) is 5.02 Å². The number of halogens is 1. The highest BCUT2D eigenvalue weighted by atomic mass is 35.5. The predicted molar refractivity (Wildman–Crippen MR) is 66.6 cm³/mol. The quantitative estimate of drug-likeness (QED) is 0.913. The highest BCUT2D eigenvalue weighted by Gasteiger charge is 2.38. The summed E-state index contributed by atoms with van der Waals surface area (Å²) in [4.78, 5) is 10.6. The fourth-order valence-corrected chi connectivity index (χ4v) is 2.27. The van der Waals surface area contributed by atoms with Crippen LogP contribution in [0.25, 0.3) is 0 Å². The standard InChI is InChI=1S/C13H15ClO4/c1-13(7-9-4-2-3-5-11(9)14)17-8-10(18-13)6-12(15)16/h2-5,10H,6-8H2,1H3,(H,15,16). The van der Waals surface area contributed by atoms with E-state index < -0.39 is 17.9 Å². The summed E-state index contributed by atoms with van der Waals surface area (Å²) in [7, 11) is 0. The van der Waals surface area contributed by atoms with E-state index >= 15 is 0 Å². The molecule has 0 bridgehead atoms. The van der Waals surface area contributed by atoms with Gasteiger partial charge in [-0.3, -0.25) is 4.79 Å². The molecule has 1 aliphatic rings. The van der Waals surface area contributed by atoms with Crippen LogP contribution in [0, 0.1) is 0 Å². The first-order valence-electron chi connectivity index (χ1n) is 5.75. The van der Waals surface area contributed by atoms with Crippen molar-refractivity contribution < 1.29 is 19.4 Å². The average molecular weight is 271 g/mol. The van der Waals surface area contributed by atoms with Crippen LogP contribution < -0.4 is 0 Å². The number of aliphatic carboxylic acids is 1. The van der Waals surface area contributed by atoms with Crippen LogP contribution in [0.4, 0.5) is 0 Å². The van der Waals surface area contributed by atoms with E-state index in [9.17, 15) is 4.79 Å². The number of ether oxygens (including phenoxy) is 2. The molecule has 2 atom stereocenters. The second kappa shape index (κ2) is 5.26. The van der Waals surface area contributed by atoms with Gasteiger partial charge in [-0.25, -0.2) is 0 Å². The second-order valence-electron chi connectivity index (χ2n) is 4.55. The smallest absolute Gasteiger partial charge is 0.306 e. The number of carbonyl (C=O) groups is 1. The molecule has 0 saturated carbocycles. The molecule has 5 heteroatoms. The molecule has 0 aliphatic carbocycles. The van der Waals surface area contributed by atoms with Gasteiger partial charge in [0.05, 0.1) is 19.1 Å². The van der Waals surface area contributed by atoms with E-state index in [4.69, 9.17) is 26.2 Å². The Morgan fingerprint density at radius 3 is 2.94 bits per heavy atom. The van der Waals surface area contributed by atoms with Crippen LogP contribution in [0.3, 0.4) is 0 Å². The summed E-state index contributed by atoms with van der Waals surface area (Å²) in [5.41, 5.74) is 0.928. The summed E-state index contributed by atoms with van der Waals surface area (Å²) >= 11 is 6.08. The van der Waals surface area contributed by atoms with Gasteiger partial charge in [-0.05, 0) is 18.6 Å². The molecular formula is C13H15ClO4. The first-order chi connectivity index (χ1) is 8.48. The molecular weight excluding hydrogens is 256 g/mol. The molecule has 1 N–H and O–H groups in total. The SMILES string of the molecule is CC1(Cc2ccccc2Cl)OCC(CC(=O)O)O1. The first-order valence-corrected chi connectivity index (χ1v) is 6.13. The number of rotatable bonds is 4. The molecule has 1 aromatic rings. The zero-order valence-electron chi connectivity index (χ0n) is 10.1. The molecule has 98 valence electrons. The number of carboxylic acid groups (broad SMARTS) is 1. The van der Waals surface area contributed by atoms with Crippen molar-refractivity contribution in [3.8, 4) is 0 Å². The molecule has 0 aromatic heterocycles. The fraction of sp³-hybridized carbons (Fsp3) is 0.462. The Kier molecular flexibility index (Phi) is 3.90. The number of hydrogen-bond donors (Lipinski definition) is 1. The Balaban J connectivity index is 2.02. The lowest BCUT2D eigenvalue weighted by Crippen LogP contribution is -2.30. The zero-order valence-corrected chi connectivity index (χ0v) is 10.8. The summed E-state index contributed by atoms with van der Waals surface area (Å²) in [5, 5.41) is 9.38. The van der Waals surface area contributed by atoms with Crippen LogP contribution in [0.15, 0.2) is 24.3 Å². The maximum atomic E-state index is 10.6. The summed E-state index contributed by atoms with van der Waals surface area (Å²) in [6, 6.07) is 7.47. The van der Waals surface area contributed by atoms with Gasteiger partial charge < -0.3 is 14.6 Å². The Bertz CT molecular complexity index is 448. The van der Waals surface area contributed by atoms with Crippen molar-refractivity contribution in [3.05, 3.63) is 34.9 Å². The minimum Gasteiger partial charge on any atom is -0.481 e. The molecule has 1 aliphatic heterocycles. The zero-order chi connectivity index (χ0) is 13.2. The lowest BCUT2D eigenvalue weighted by atomic mass is 10.1. The van der Waals surface area contributed by atoms with Crippen molar-refractivity contribution in [2.24, 2.45) is 0 Å². The molecule has 0 radical (unpaired) electrons. The van der Waals surface area contributed by atoms with Crippen LogP contribution in [-0.2, 0) is 20.7 Å². The normalized spacial score (nSPS) is 27.3. The van der Waals surface area contributed by atoms with Gasteiger partial charge in [0.15, 0.2) is 5.79 Å². The number of benzene rings is 1. The van der Waals surface area contributed by atoms with Crippen LogP contribution in [0.5, 0.6) is 0 Å². The Morgan fingerprint density at radius 1 is 1.56 bits per heavy atom. The molecule has 1 heterocycles. The van der Waals surface area contributed by atoms with Gasteiger partial charge in [0.1, 0.15) is 0 Å². The molecule has 0 amide bonds. The third kappa shape index (κ3) is 3.22. The predicted octanol–water partition coefficient (Wildman–Crippen LogP) is 2.49. The molecule has 0 spiro atoms. The summed E-state index contributed by atoms with van der Waals surface area (Å²) < 4.78 is 11.2. The highest BCUT2D eigenvalue weighted by molar-refractivity contribution is 6.31. The molecule has 2 rings (SSSR count). The lowest BCUT2D eigenvalue weighted by molar-refractivity contribution is -0.158. The molecule has 4 nitrogen and oxygen atoms in total. The van der Waals surface area contributed by atoms with Crippen molar-refractivity contribution in [1.29, 1.82) is 0 Å². The second-order valence-corrected chi connectivity index (χ2v) is 4.96. The van der Waals surface area contributed by atoms with E-state index in [0.29, 0.717) is 18.1 Å². The molecule has 1 aromatic carbocycles. The fourth-order valence-electron chi connectivity index (χ4n) is 2.07. The van der Waals surface area contributed by atoms with Crippen LogP contribution in [-0.4, -0.2) is 29.6 Å². The van der Waals surface area contributed by atoms with Gasteiger partial charge in [-0.15, -0.1) is 0 Å². The van der Waals surface area contributed by atoms with Crippen LogP contribution >= 0.6 is 11.6 Å². The maximum absolute atomic E-state index is 10.6. The van der Waals surface area contributed by atoms with Crippen molar-refractivity contribution >= 4 is 17.6 Å². The molecule has 1 saturated heterocycles. The van der Waals surface area contributed by atoms with Crippen molar-refractivity contribution in [3.63, 3.8) is 0 Å². The van der Waals surface area contributed by atoms with Crippen molar-refractivity contribution in [2.45, 2.75) is 31.7 Å². The lowest BCUT2D eigenvalue weighted by Gasteiger charge is -2.23. The van der Waals surface area contributed by atoms with E-state index in [2.05, 4.69) is 0 Å². The third-order valence-electron chi connectivity index (χ3n) is 2.86. The van der Waals surface area contributed by atoms with Gasteiger partial charge in [0.25, 0.3) is 0 Å². The van der Waals surface area contributed by atoms with Gasteiger partial charge in [-0.2, -0.15) is 0 Å². The van der Waals surface area contributed by atoms with E-state index in [1.54, 1.807) is 6.92 Å². The summed E-state index contributed by atoms with van der Waals surface area (Å²) in [6.07, 6.45) is 0.0657.